The minimum Gasteiger partial charge on any atom is -0.309 e. The lowest BCUT2D eigenvalue weighted by Crippen LogP contribution is -2.15. The number of rotatable bonds is 3. The summed E-state index contributed by atoms with van der Waals surface area (Å²) < 4.78 is 14.8. The van der Waals surface area contributed by atoms with E-state index in [2.05, 4.69) is 29.4 Å². The lowest BCUT2D eigenvalue weighted by molar-refractivity contribution is -0.117. The zero-order valence-electron chi connectivity index (χ0n) is 12.7. The minimum absolute atomic E-state index is 0.292. The Labute approximate surface area is 133 Å². The van der Waals surface area contributed by atoms with E-state index >= 15 is 0 Å². The summed E-state index contributed by atoms with van der Waals surface area (Å²) >= 11 is 0. The highest BCUT2D eigenvalue weighted by Crippen LogP contribution is 2.34. The molecule has 5 heteroatoms. The highest BCUT2D eigenvalue weighted by molar-refractivity contribution is 5.94. The molecule has 0 aliphatic heterocycles. The fourth-order valence-corrected chi connectivity index (χ4v) is 2.76. The maximum Gasteiger partial charge on any atom is 0.231 e. The summed E-state index contributed by atoms with van der Waals surface area (Å²) in [5.41, 5.74) is 4.18. The topological polar surface area (TPSA) is 46.4 Å². The summed E-state index contributed by atoms with van der Waals surface area (Å²) in [6.45, 7) is 2.07. The van der Waals surface area contributed by atoms with E-state index in [9.17, 15) is 9.18 Å². The highest BCUT2D eigenvalue weighted by atomic mass is 19.1. The van der Waals surface area contributed by atoms with Crippen molar-refractivity contribution < 1.29 is 9.18 Å². The highest BCUT2D eigenvalue weighted by Gasteiger charge is 2.43. The van der Waals surface area contributed by atoms with Crippen LogP contribution < -0.4 is 5.32 Å². The molecule has 1 amide bonds. The van der Waals surface area contributed by atoms with Gasteiger partial charge in [0.15, 0.2) is 5.82 Å². The standard InChI is InChI=1S/C18H16FN3O/c1-11-4-2-3-5-13(11)12-6-7-17-20-16(10-22(17)9-12)21-18(23)14-8-15(14)19/h2-7,9-10,14-15H,8H2,1H3,(H,21,23)/t14-,15+/m1/s1. The number of halogens is 1. The average Bonchev–Trinajstić information content (AvgIpc) is 3.13. The molecule has 0 radical (unpaired) electrons. The van der Waals surface area contributed by atoms with Gasteiger partial charge in [-0.2, -0.15) is 0 Å². The fourth-order valence-electron chi connectivity index (χ4n) is 2.76. The minimum atomic E-state index is -1.00. The molecule has 1 saturated carbocycles. The summed E-state index contributed by atoms with van der Waals surface area (Å²) in [5.74, 6) is -0.349. The van der Waals surface area contributed by atoms with Gasteiger partial charge in [-0.05, 0) is 42.2 Å². The summed E-state index contributed by atoms with van der Waals surface area (Å²) in [7, 11) is 0. The second kappa shape index (κ2) is 5.19. The van der Waals surface area contributed by atoms with Gasteiger partial charge in [0, 0.05) is 6.20 Å². The molecule has 0 bridgehead atoms. The fraction of sp³-hybridized carbons (Fsp3) is 0.222. The average molecular weight is 309 g/mol. The first-order valence-electron chi connectivity index (χ1n) is 7.61. The van der Waals surface area contributed by atoms with Gasteiger partial charge in [0.1, 0.15) is 11.8 Å². The molecule has 4 nitrogen and oxygen atoms in total. The largest absolute Gasteiger partial charge is 0.309 e. The molecule has 3 aromatic rings. The molecule has 4 rings (SSSR count). The normalized spacial score (nSPS) is 19.7. The molecule has 1 aromatic carbocycles. The molecule has 2 heterocycles. The number of alkyl halides is 1. The van der Waals surface area contributed by atoms with Gasteiger partial charge in [-0.1, -0.05) is 24.3 Å². The van der Waals surface area contributed by atoms with Crippen molar-refractivity contribution >= 4 is 17.4 Å². The Morgan fingerprint density at radius 2 is 2.04 bits per heavy atom. The van der Waals surface area contributed by atoms with Gasteiger partial charge in [-0.15, -0.1) is 0 Å². The summed E-state index contributed by atoms with van der Waals surface area (Å²) in [6.07, 6.45) is 3.05. The van der Waals surface area contributed by atoms with Crippen LogP contribution in [-0.2, 0) is 4.79 Å². The number of carbonyl (C=O) groups is 1. The van der Waals surface area contributed by atoms with E-state index in [1.54, 1.807) is 6.20 Å². The Kier molecular flexibility index (Phi) is 3.15. The molecule has 1 fully saturated rings. The van der Waals surface area contributed by atoms with Gasteiger partial charge in [0.2, 0.25) is 5.91 Å². The first kappa shape index (κ1) is 13.9. The number of pyridine rings is 1. The van der Waals surface area contributed by atoms with Crippen LogP contribution in [0.5, 0.6) is 0 Å². The van der Waals surface area contributed by atoms with Crippen molar-refractivity contribution in [3.05, 3.63) is 54.4 Å². The molecule has 1 aliphatic rings. The third kappa shape index (κ3) is 2.59. The van der Waals surface area contributed by atoms with E-state index in [0.29, 0.717) is 12.2 Å². The molecule has 2 atom stereocenters. The maximum absolute atomic E-state index is 12.9. The van der Waals surface area contributed by atoms with Crippen LogP contribution in [0.2, 0.25) is 0 Å². The molecule has 0 unspecified atom stereocenters. The maximum atomic E-state index is 12.9. The van der Waals surface area contributed by atoms with Crippen LogP contribution in [-0.4, -0.2) is 21.5 Å². The van der Waals surface area contributed by atoms with E-state index in [-0.39, 0.29) is 5.91 Å². The molecular formula is C18H16FN3O. The van der Waals surface area contributed by atoms with Gasteiger partial charge < -0.3 is 9.72 Å². The number of amides is 1. The Morgan fingerprint density at radius 1 is 1.26 bits per heavy atom. The first-order chi connectivity index (χ1) is 11.1. The summed E-state index contributed by atoms with van der Waals surface area (Å²) in [5, 5.41) is 2.68. The van der Waals surface area contributed by atoms with Gasteiger partial charge in [-0.3, -0.25) is 4.79 Å². The number of fused-ring (bicyclic) bond motifs is 1. The molecule has 1 N–H and O–H groups in total. The zero-order valence-corrected chi connectivity index (χ0v) is 12.7. The van der Waals surface area contributed by atoms with Crippen molar-refractivity contribution in [3.63, 3.8) is 0 Å². The number of nitrogens with zero attached hydrogens (tertiary/aromatic N) is 2. The van der Waals surface area contributed by atoms with Crippen molar-refractivity contribution in [1.82, 2.24) is 9.38 Å². The number of aromatic nitrogens is 2. The van der Waals surface area contributed by atoms with Crippen molar-refractivity contribution in [2.24, 2.45) is 5.92 Å². The molecular weight excluding hydrogens is 293 g/mol. The quantitative estimate of drug-likeness (QED) is 0.803. The van der Waals surface area contributed by atoms with Gasteiger partial charge in [-0.25, -0.2) is 9.37 Å². The van der Waals surface area contributed by atoms with E-state index in [0.717, 1.165) is 16.8 Å². The number of hydrogen-bond donors (Lipinski definition) is 1. The Hall–Kier alpha value is -2.69. The molecule has 2 aromatic heterocycles. The number of carbonyl (C=O) groups excluding carboxylic acids is 1. The van der Waals surface area contributed by atoms with Crippen molar-refractivity contribution in [2.75, 3.05) is 5.32 Å². The molecule has 1 aliphatic carbocycles. The summed E-state index contributed by atoms with van der Waals surface area (Å²) in [6, 6.07) is 12.1. The van der Waals surface area contributed by atoms with Crippen LogP contribution in [0.3, 0.4) is 0 Å². The third-order valence-corrected chi connectivity index (χ3v) is 4.21. The lowest BCUT2D eigenvalue weighted by atomic mass is 10.0. The number of anilines is 1. The van der Waals surface area contributed by atoms with Crippen molar-refractivity contribution in [3.8, 4) is 11.1 Å². The Morgan fingerprint density at radius 3 is 2.78 bits per heavy atom. The van der Waals surface area contributed by atoms with Crippen LogP contribution in [0, 0.1) is 12.8 Å². The predicted octanol–water partition coefficient (Wildman–Crippen LogP) is 3.61. The summed E-state index contributed by atoms with van der Waals surface area (Å²) in [4.78, 5) is 16.1. The van der Waals surface area contributed by atoms with Gasteiger partial charge >= 0.3 is 0 Å². The lowest BCUT2D eigenvalue weighted by Gasteiger charge is -2.05. The second-order valence-electron chi connectivity index (χ2n) is 5.97. The Balaban J connectivity index is 1.64. The van der Waals surface area contributed by atoms with Crippen LogP contribution in [0.4, 0.5) is 10.2 Å². The van der Waals surface area contributed by atoms with Gasteiger partial charge in [0.25, 0.3) is 0 Å². The first-order valence-corrected chi connectivity index (χ1v) is 7.61. The monoisotopic (exact) mass is 309 g/mol. The van der Waals surface area contributed by atoms with Crippen LogP contribution in [0.1, 0.15) is 12.0 Å². The number of hydrogen-bond acceptors (Lipinski definition) is 2. The van der Waals surface area contributed by atoms with Crippen LogP contribution >= 0.6 is 0 Å². The number of benzene rings is 1. The number of aryl methyl sites for hydroxylation is 1. The number of nitrogens with one attached hydrogen (secondary N) is 1. The third-order valence-electron chi connectivity index (χ3n) is 4.21. The van der Waals surface area contributed by atoms with Gasteiger partial charge in [0.05, 0.1) is 12.1 Å². The molecule has 0 spiro atoms. The smallest absolute Gasteiger partial charge is 0.231 e. The van der Waals surface area contributed by atoms with E-state index in [1.165, 1.54) is 5.56 Å². The van der Waals surface area contributed by atoms with Crippen LogP contribution in [0.15, 0.2) is 48.8 Å². The van der Waals surface area contributed by atoms with E-state index in [1.807, 2.05) is 34.9 Å². The number of imidazole rings is 1. The van der Waals surface area contributed by atoms with Crippen molar-refractivity contribution in [1.29, 1.82) is 0 Å². The van der Waals surface area contributed by atoms with Crippen molar-refractivity contribution in [2.45, 2.75) is 19.5 Å². The van der Waals surface area contributed by atoms with E-state index in [4.69, 9.17) is 0 Å². The predicted molar refractivity (Wildman–Crippen MR) is 87.0 cm³/mol. The second-order valence-corrected chi connectivity index (χ2v) is 5.97. The molecule has 23 heavy (non-hydrogen) atoms. The molecule has 0 saturated heterocycles. The zero-order chi connectivity index (χ0) is 16.0. The molecule has 116 valence electrons. The Bertz CT molecular complexity index is 902. The van der Waals surface area contributed by atoms with Crippen LogP contribution in [0.25, 0.3) is 16.8 Å². The van der Waals surface area contributed by atoms with E-state index < -0.39 is 12.1 Å². The SMILES string of the molecule is Cc1ccccc1-c1ccc2nc(NC(=O)[C@@H]3C[C@@H]3F)cn2c1.